The van der Waals surface area contributed by atoms with Gasteiger partial charge in [-0.1, -0.05) is 36.4 Å². The lowest BCUT2D eigenvalue weighted by Crippen LogP contribution is -2.32. The van der Waals surface area contributed by atoms with Gasteiger partial charge in [0.25, 0.3) is 5.56 Å². The Bertz CT molecular complexity index is 1640. The number of anilines is 1. The van der Waals surface area contributed by atoms with E-state index in [1.165, 1.54) is 33.1 Å². The number of hydrogen-bond acceptors (Lipinski definition) is 6. The highest BCUT2D eigenvalue weighted by molar-refractivity contribution is 7.17. The van der Waals surface area contributed by atoms with Crippen LogP contribution in [0.1, 0.15) is 18.5 Å². The number of hydrogen-bond donors (Lipinski definition) is 1. The highest BCUT2D eigenvalue weighted by Crippen LogP contribution is 2.32. The molecule has 0 bridgehead atoms. The van der Waals surface area contributed by atoms with Crippen molar-refractivity contribution >= 4 is 44.1 Å². The summed E-state index contributed by atoms with van der Waals surface area (Å²) in [7, 11) is 1.63. The van der Waals surface area contributed by atoms with E-state index < -0.39 is 11.9 Å². The van der Waals surface area contributed by atoms with Gasteiger partial charge in [-0.05, 0) is 29.3 Å². The SMILES string of the molecule is CC(C(=O)Nc1c(C#N)cnn1C)n1cnc2scc(-c3ccc4ccccc4c3)c2c1=O. The summed E-state index contributed by atoms with van der Waals surface area (Å²) in [5, 5.41) is 20.5. The maximum Gasteiger partial charge on any atom is 0.263 e. The quantitative estimate of drug-likeness (QED) is 0.440. The monoisotopic (exact) mass is 454 g/mol. The molecule has 3 heterocycles. The summed E-state index contributed by atoms with van der Waals surface area (Å²) in [6.07, 6.45) is 2.77. The Morgan fingerprint density at radius 3 is 2.79 bits per heavy atom. The molecule has 8 nitrogen and oxygen atoms in total. The summed E-state index contributed by atoms with van der Waals surface area (Å²) in [6, 6.07) is 15.3. The standard InChI is InChI=1S/C24H18N6O2S/c1-14(22(31)28-21-18(10-25)11-27-29(21)2)30-13-26-23-20(24(30)32)19(12-33-23)17-8-7-15-5-3-4-6-16(15)9-17/h3-9,11-14H,1-2H3,(H,28,31). The third-order valence-corrected chi connectivity index (χ3v) is 6.56. The second-order valence-electron chi connectivity index (χ2n) is 7.66. The number of carbonyl (C=O) groups excluding carboxylic acids is 1. The Morgan fingerprint density at radius 1 is 1.21 bits per heavy atom. The molecular weight excluding hydrogens is 436 g/mol. The second-order valence-corrected chi connectivity index (χ2v) is 8.51. The Hall–Kier alpha value is -4.29. The molecule has 0 aliphatic heterocycles. The van der Waals surface area contributed by atoms with Crippen molar-refractivity contribution in [3.63, 3.8) is 0 Å². The van der Waals surface area contributed by atoms with Crippen LogP contribution in [0.3, 0.4) is 0 Å². The molecule has 5 aromatic rings. The number of amides is 1. The number of nitrogens with zero attached hydrogens (tertiary/aromatic N) is 5. The lowest BCUT2D eigenvalue weighted by atomic mass is 10.0. The Kier molecular flexibility index (Phi) is 4.99. The van der Waals surface area contributed by atoms with E-state index in [9.17, 15) is 14.9 Å². The molecule has 0 saturated heterocycles. The molecule has 0 aliphatic carbocycles. The average Bonchev–Trinajstić information content (AvgIpc) is 3.42. The summed E-state index contributed by atoms with van der Waals surface area (Å²) >= 11 is 1.40. The number of aromatic nitrogens is 4. The van der Waals surface area contributed by atoms with E-state index in [0.29, 0.717) is 10.2 Å². The van der Waals surface area contributed by atoms with Gasteiger partial charge in [-0.3, -0.25) is 18.8 Å². The van der Waals surface area contributed by atoms with Crippen molar-refractivity contribution < 1.29 is 4.79 Å². The van der Waals surface area contributed by atoms with Crippen molar-refractivity contribution in [3.8, 4) is 17.2 Å². The van der Waals surface area contributed by atoms with Crippen molar-refractivity contribution in [3.05, 3.63) is 76.3 Å². The van der Waals surface area contributed by atoms with Gasteiger partial charge in [-0.2, -0.15) is 10.4 Å². The van der Waals surface area contributed by atoms with Crippen LogP contribution in [-0.2, 0) is 11.8 Å². The molecule has 3 aromatic heterocycles. The molecule has 0 saturated carbocycles. The van der Waals surface area contributed by atoms with E-state index in [-0.39, 0.29) is 16.9 Å². The largest absolute Gasteiger partial charge is 0.308 e. The summed E-state index contributed by atoms with van der Waals surface area (Å²) in [5.41, 5.74) is 1.66. The van der Waals surface area contributed by atoms with E-state index in [1.807, 2.05) is 47.8 Å². The Morgan fingerprint density at radius 2 is 2.00 bits per heavy atom. The smallest absolute Gasteiger partial charge is 0.263 e. The van der Waals surface area contributed by atoms with Crippen LogP contribution in [0.4, 0.5) is 5.82 Å². The van der Waals surface area contributed by atoms with Gasteiger partial charge in [-0.15, -0.1) is 11.3 Å². The molecular formula is C24H18N6O2S. The van der Waals surface area contributed by atoms with Crippen molar-refractivity contribution in [2.75, 3.05) is 5.32 Å². The maximum atomic E-state index is 13.5. The summed E-state index contributed by atoms with van der Waals surface area (Å²) in [5.74, 6) is -0.162. The van der Waals surface area contributed by atoms with E-state index in [4.69, 9.17) is 0 Å². The highest BCUT2D eigenvalue weighted by atomic mass is 32.1. The van der Waals surface area contributed by atoms with Gasteiger partial charge in [0.1, 0.15) is 28.3 Å². The number of thiophene rings is 1. The van der Waals surface area contributed by atoms with Crippen molar-refractivity contribution in [1.29, 1.82) is 5.26 Å². The van der Waals surface area contributed by atoms with Crippen LogP contribution in [0.5, 0.6) is 0 Å². The van der Waals surface area contributed by atoms with E-state index >= 15 is 0 Å². The van der Waals surface area contributed by atoms with Crippen molar-refractivity contribution in [2.24, 2.45) is 7.05 Å². The molecule has 1 unspecified atom stereocenters. The first kappa shape index (κ1) is 20.6. The highest BCUT2D eigenvalue weighted by Gasteiger charge is 2.22. The average molecular weight is 455 g/mol. The lowest BCUT2D eigenvalue weighted by molar-refractivity contribution is -0.118. The number of aryl methyl sites for hydroxylation is 1. The van der Waals surface area contributed by atoms with Crippen LogP contribution >= 0.6 is 11.3 Å². The number of fused-ring (bicyclic) bond motifs is 2. The molecule has 2 aromatic carbocycles. The molecule has 0 spiro atoms. The molecule has 1 atom stereocenters. The molecule has 1 N–H and O–H groups in total. The van der Waals surface area contributed by atoms with E-state index in [2.05, 4.69) is 21.5 Å². The molecule has 0 radical (unpaired) electrons. The first-order valence-electron chi connectivity index (χ1n) is 10.2. The third-order valence-electron chi connectivity index (χ3n) is 5.68. The number of benzene rings is 2. The number of nitrogens with one attached hydrogen (secondary N) is 1. The van der Waals surface area contributed by atoms with Crippen LogP contribution in [0, 0.1) is 11.3 Å². The Labute approximate surface area is 192 Å². The van der Waals surface area contributed by atoms with Crippen LogP contribution < -0.4 is 10.9 Å². The van der Waals surface area contributed by atoms with Gasteiger partial charge in [0.05, 0.1) is 17.9 Å². The topological polar surface area (TPSA) is 106 Å². The zero-order valence-electron chi connectivity index (χ0n) is 17.8. The van der Waals surface area contributed by atoms with Crippen molar-refractivity contribution in [1.82, 2.24) is 19.3 Å². The van der Waals surface area contributed by atoms with E-state index in [0.717, 1.165) is 21.9 Å². The number of carbonyl (C=O) groups is 1. The van der Waals surface area contributed by atoms with Gasteiger partial charge < -0.3 is 5.32 Å². The first-order chi connectivity index (χ1) is 16.0. The zero-order chi connectivity index (χ0) is 23.1. The fourth-order valence-corrected chi connectivity index (χ4v) is 4.71. The number of rotatable bonds is 4. The maximum absolute atomic E-state index is 13.5. The predicted molar refractivity (Wildman–Crippen MR) is 128 cm³/mol. The van der Waals surface area contributed by atoms with Crippen LogP contribution in [0.15, 0.2) is 65.2 Å². The van der Waals surface area contributed by atoms with Crippen LogP contribution in [0.25, 0.3) is 32.1 Å². The predicted octanol–water partition coefficient (Wildman–Crippen LogP) is 4.08. The molecule has 9 heteroatoms. The molecule has 5 rings (SSSR count). The first-order valence-corrected chi connectivity index (χ1v) is 11.1. The van der Waals surface area contributed by atoms with Gasteiger partial charge in [0.15, 0.2) is 0 Å². The van der Waals surface area contributed by atoms with E-state index in [1.54, 1.807) is 14.0 Å². The molecule has 33 heavy (non-hydrogen) atoms. The molecule has 0 fully saturated rings. The second kappa shape index (κ2) is 8.00. The minimum Gasteiger partial charge on any atom is -0.308 e. The molecule has 1 amide bonds. The zero-order valence-corrected chi connectivity index (χ0v) is 18.6. The minimum atomic E-state index is -0.847. The minimum absolute atomic E-state index is 0.246. The normalized spacial score (nSPS) is 12.0. The number of nitriles is 1. The summed E-state index contributed by atoms with van der Waals surface area (Å²) < 4.78 is 2.72. The van der Waals surface area contributed by atoms with Crippen molar-refractivity contribution in [2.45, 2.75) is 13.0 Å². The van der Waals surface area contributed by atoms with Gasteiger partial charge in [-0.25, -0.2) is 4.98 Å². The van der Waals surface area contributed by atoms with Crippen LogP contribution in [-0.4, -0.2) is 25.2 Å². The third kappa shape index (κ3) is 3.46. The summed E-state index contributed by atoms with van der Waals surface area (Å²) in [4.78, 5) is 31.4. The molecule has 0 aliphatic rings. The van der Waals surface area contributed by atoms with Gasteiger partial charge >= 0.3 is 0 Å². The fourth-order valence-electron chi connectivity index (χ4n) is 3.81. The summed E-state index contributed by atoms with van der Waals surface area (Å²) in [6.45, 7) is 1.62. The van der Waals surface area contributed by atoms with Gasteiger partial charge in [0, 0.05) is 18.0 Å². The molecule has 162 valence electrons. The fraction of sp³-hybridized carbons (Fsp3) is 0.125. The van der Waals surface area contributed by atoms with Gasteiger partial charge in [0.2, 0.25) is 5.91 Å². The van der Waals surface area contributed by atoms with Crippen LogP contribution in [0.2, 0.25) is 0 Å². The lowest BCUT2D eigenvalue weighted by Gasteiger charge is -2.15. The Balaban J connectivity index is 1.55.